The van der Waals surface area contributed by atoms with Crippen LogP contribution in [0, 0.1) is 11.8 Å². The van der Waals surface area contributed by atoms with E-state index in [0.717, 1.165) is 35.9 Å². The summed E-state index contributed by atoms with van der Waals surface area (Å²) in [4.78, 5) is 4.37. The summed E-state index contributed by atoms with van der Waals surface area (Å²) < 4.78 is 0. The van der Waals surface area contributed by atoms with E-state index in [-0.39, 0.29) is 11.5 Å². The number of H-pyrrole nitrogens is 1. The molecule has 8 rings (SSSR count). The molecule has 2 aromatic carbocycles. The van der Waals surface area contributed by atoms with Crippen LogP contribution >= 0.6 is 0 Å². The Balaban J connectivity index is 1.17. The molecule has 0 radical (unpaired) electrons. The molecule has 6 nitrogen and oxygen atoms in total. The molecule has 3 atom stereocenters. The first-order valence-electron chi connectivity index (χ1n) is 13.4. The molecule has 4 aromatic rings. The first-order valence-corrected chi connectivity index (χ1v) is 13.4. The number of hydrogen-bond acceptors (Lipinski definition) is 5. The fourth-order valence-electron chi connectivity index (χ4n) is 8.41. The zero-order valence-electron chi connectivity index (χ0n) is 20.7. The first kappa shape index (κ1) is 22.0. The number of nitrogens with two attached hydrogens (primary N) is 1. The van der Waals surface area contributed by atoms with Gasteiger partial charge in [0.25, 0.3) is 0 Å². The molecular weight excluding hydrogens is 444 g/mol. The lowest BCUT2D eigenvalue weighted by atomic mass is 9.45. The average molecular weight is 479 g/mol. The molecule has 0 amide bonds. The van der Waals surface area contributed by atoms with E-state index >= 15 is 0 Å². The number of hydrogen-bond donors (Lipinski definition) is 3. The number of aromatic nitrogens is 4. The summed E-state index contributed by atoms with van der Waals surface area (Å²) in [5.74, 6) is 2.36. The topological polar surface area (TPSA) is 92.5 Å². The lowest BCUT2D eigenvalue weighted by Crippen LogP contribution is -2.63. The summed E-state index contributed by atoms with van der Waals surface area (Å²) in [6.07, 6.45) is 9.04. The third kappa shape index (κ3) is 3.70. The number of nitrogens with zero attached hydrogens (tertiary/aromatic N) is 3. The van der Waals surface area contributed by atoms with Crippen molar-refractivity contribution in [2.24, 2.45) is 11.8 Å². The molecule has 4 aliphatic rings. The molecule has 2 heterocycles. The smallest absolute Gasteiger partial charge is 0.203 e. The zero-order valence-corrected chi connectivity index (χ0v) is 20.7. The van der Waals surface area contributed by atoms with Gasteiger partial charge in [0.2, 0.25) is 5.65 Å². The molecule has 184 valence electrons. The zero-order chi connectivity index (χ0) is 24.2. The van der Waals surface area contributed by atoms with Gasteiger partial charge in [-0.05, 0) is 91.5 Å². The monoisotopic (exact) mass is 478 g/mol. The van der Waals surface area contributed by atoms with Gasteiger partial charge in [0.05, 0.1) is 0 Å². The third-order valence-corrected chi connectivity index (χ3v) is 9.30. The summed E-state index contributed by atoms with van der Waals surface area (Å²) >= 11 is 0. The first-order chi connectivity index (χ1) is 17.6. The summed E-state index contributed by atoms with van der Waals surface area (Å²) in [5.41, 5.74) is 12.1. The van der Waals surface area contributed by atoms with Gasteiger partial charge in [-0.25, -0.2) is 4.98 Å². The van der Waals surface area contributed by atoms with Gasteiger partial charge in [0, 0.05) is 11.5 Å². The molecule has 4 bridgehead atoms. The second kappa shape index (κ2) is 8.41. The molecule has 4 saturated carbocycles. The fraction of sp³-hybridized carbons (Fsp3) is 0.433. The standard InChI is InChI=1S/C30H34N6/c31-26-14-25(27-28(33-26)35-36-34-27)24(22-7-3-1-4-8-22)11-12-32-30-17-20-13-21(18-30)16-29(15-20,19-30)23-9-5-2-6-10-23/h1-10,14,20-21,24,32H,11-13,15-19H2,(H3,31,33,34,35,36). The summed E-state index contributed by atoms with van der Waals surface area (Å²) in [5, 5.41) is 15.6. The van der Waals surface area contributed by atoms with Crippen LogP contribution in [0.25, 0.3) is 11.2 Å². The van der Waals surface area contributed by atoms with Gasteiger partial charge in [0.15, 0.2) is 0 Å². The van der Waals surface area contributed by atoms with Crippen molar-refractivity contribution in [3.8, 4) is 0 Å². The van der Waals surface area contributed by atoms with E-state index in [2.05, 4.69) is 86.4 Å². The van der Waals surface area contributed by atoms with E-state index in [1.54, 1.807) is 5.56 Å². The Kier molecular flexibility index (Phi) is 5.14. The maximum Gasteiger partial charge on any atom is 0.203 e. The highest BCUT2D eigenvalue weighted by molar-refractivity contribution is 5.77. The minimum atomic E-state index is 0.175. The Morgan fingerprint density at radius 2 is 1.67 bits per heavy atom. The summed E-state index contributed by atoms with van der Waals surface area (Å²) in [6, 6.07) is 24.1. The normalized spacial score (nSPS) is 29.6. The molecule has 4 fully saturated rings. The van der Waals surface area contributed by atoms with Crippen molar-refractivity contribution in [1.82, 2.24) is 25.7 Å². The van der Waals surface area contributed by atoms with E-state index in [1.165, 1.54) is 44.1 Å². The van der Waals surface area contributed by atoms with E-state index in [0.29, 0.717) is 16.9 Å². The maximum atomic E-state index is 6.19. The molecule has 0 aliphatic heterocycles. The SMILES string of the molecule is Nc1cc(C(CCNC23CC4CC(C2)CC(c2ccccc2)(C4)C3)c2ccccc2)c2n[nH]nc2n1. The number of fused-ring (bicyclic) bond motifs is 1. The lowest BCUT2D eigenvalue weighted by molar-refractivity contribution is -0.0406. The van der Waals surface area contributed by atoms with Crippen LogP contribution in [-0.2, 0) is 5.41 Å². The van der Waals surface area contributed by atoms with Gasteiger partial charge in [0.1, 0.15) is 11.3 Å². The van der Waals surface area contributed by atoms with Crippen molar-refractivity contribution in [3.05, 3.63) is 83.4 Å². The third-order valence-electron chi connectivity index (χ3n) is 9.30. The fourth-order valence-corrected chi connectivity index (χ4v) is 8.41. The molecule has 6 heteroatoms. The van der Waals surface area contributed by atoms with Crippen LogP contribution in [0.15, 0.2) is 66.7 Å². The van der Waals surface area contributed by atoms with Gasteiger partial charge in [-0.15, -0.1) is 5.10 Å². The predicted octanol–water partition coefficient (Wildman–Crippen LogP) is 5.34. The van der Waals surface area contributed by atoms with Gasteiger partial charge in [-0.3, -0.25) is 0 Å². The summed E-state index contributed by atoms with van der Waals surface area (Å²) in [7, 11) is 0. The van der Waals surface area contributed by atoms with E-state index < -0.39 is 0 Å². The number of nitrogens with one attached hydrogen (secondary N) is 2. The number of anilines is 1. The molecule has 0 spiro atoms. The Bertz CT molecular complexity index is 1350. The van der Waals surface area contributed by atoms with Gasteiger partial charge >= 0.3 is 0 Å². The maximum absolute atomic E-state index is 6.19. The number of aromatic amines is 1. The highest BCUT2D eigenvalue weighted by Gasteiger charge is 2.57. The predicted molar refractivity (Wildman–Crippen MR) is 143 cm³/mol. The van der Waals surface area contributed by atoms with Crippen LogP contribution in [-0.4, -0.2) is 32.5 Å². The van der Waals surface area contributed by atoms with Crippen molar-refractivity contribution in [2.75, 3.05) is 12.3 Å². The van der Waals surface area contributed by atoms with Gasteiger partial charge < -0.3 is 11.1 Å². The van der Waals surface area contributed by atoms with Crippen LogP contribution < -0.4 is 11.1 Å². The van der Waals surface area contributed by atoms with E-state index in [9.17, 15) is 0 Å². The minimum absolute atomic E-state index is 0.175. The number of benzene rings is 2. The van der Waals surface area contributed by atoms with Crippen molar-refractivity contribution in [2.45, 2.75) is 61.8 Å². The second-order valence-corrected chi connectivity index (χ2v) is 11.7. The lowest BCUT2D eigenvalue weighted by Gasteiger charge is -2.63. The highest BCUT2D eigenvalue weighted by atomic mass is 15.3. The molecule has 4 N–H and O–H groups in total. The van der Waals surface area contributed by atoms with Crippen molar-refractivity contribution < 1.29 is 0 Å². The van der Waals surface area contributed by atoms with Crippen LogP contribution in [0.5, 0.6) is 0 Å². The Morgan fingerprint density at radius 3 is 2.42 bits per heavy atom. The van der Waals surface area contributed by atoms with Crippen molar-refractivity contribution in [1.29, 1.82) is 0 Å². The number of rotatable bonds is 7. The molecular formula is C30H34N6. The average Bonchev–Trinajstić information content (AvgIpc) is 3.35. The Morgan fingerprint density at radius 1 is 0.944 bits per heavy atom. The van der Waals surface area contributed by atoms with Crippen molar-refractivity contribution in [3.63, 3.8) is 0 Å². The van der Waals surface area contributed by atoms with Crippen LogP contribution in [0.1, 0.15) is 67.6 Å². The summed E-state index contributed by atoms with van der Waals surface area (Å²) in [6.45, 7) is 0.964. The quantitative estimate of drug-likeness (QED) is 0.334. The van der Waals surface area contributed by atoms with Gasteiger partial charge in [-0.1, -0.05) is 60.7 Å². The molecule has 0 saturated heterocycles. The molecule has 36 heavy (non-hydrogen) atoms. The number of nitrogen functional groups attached to an aromatic ring is 1. The van der Waals surface area contributed by atoms with E-state index in [1.807, 2.05) is 6.07 Å². The van der Waals surface area contributed by atoms with Crippen molar-refractivity contribution >= 4 is 17.0 Å². The number of pyridine rings is 1. The Labute approximate surface area is 212 Å². The van der Waals surface area contributed by atoms with Gasteiger partial charge in [-0.2, -0.15) is 10.3 Å². The Hall–Kier alpha value is -3.25. The van der Waals surface area contributed by atoms with Crippen LogP contribution in [0.4, 0.5) is 5.82 Å². The highest BCUT2D eigenvalue weighted by Crippen LogP contribution is 2.62. The van der Waals surface area contributed by atoms with Crippen LogP contribution in [0.2, 0.25) is 0 Å². The molecule has 4 aliphatic carbocycles. The second-order valence-electron chi connectivity index (χ2n) is 11.7. The largest absolute Gasteiger partial charge is 0.384 e. The minimum Gasteiger partial charge on any atom is -0.384 e. The molecule has 3 unspecified atom stereocenters. The van der Waals surface area contributed by atoms with Crippen LogP contribution in [0.3, 0.4) is 0 Å². The van der Waals surface area contributed by atoms with E-state index in [4.69, 9.17) is 5.73 Å². The molecule has 2 aromatic heterocycles.